The summed E-state index contributed by atoms with van der Waals surface area (Å²) in [5.41, 5.74) is 11.1. The van der Waals surface area contributed by atoms with Gasteiger partial charge in [-0.25, -0.2) is 4.85 Å². The van der Waals surface area contributed by atoms with Gasteiger partial charge >= 0.3 is 0 Å². The number of hydrogen-bond acceptors (Lipinski definition) is 2. The number of thiophene rings is 1. The van der Waals surface area contributed by atoms with Gasteiger partial charge in [-0.15, -0.1) is 11.3 Å². The van der Waals surface area contributed by atoms with E-state index in [9.17, 15) is 11.8 Å². The van der Waals surface area contributed by atoms with Crippen molar-refractivity contribution < 1.29 is 0 Å². The molecular formula is C62H34N6S. The van der Waals surface area contributed by atoms with Gasteiger partial charge in [0.05, 0.1) is 83.7 Å². The van der Waals surface area contributed by atoms with E-state index in [1.54, 1.807) is 11.3 Å². The van der Waals surface area contributed by atoms with Crippen LogP contribution >= 0.6 is 11.3 Å². The summed E-state index contributed by atoms with van der Waals surface area (Å²) in [4.78, 5) is 4.71. The van der Waals surface area contributed by atoms with Crippen LogP contribution in [0.25, 0.3) is 135 Å². The van der Waals surface area contributed by atoms with Gasteiger partial charge in [0, 0.05) is 58.6 Å². The van der Waals surface area contributed by atoms with E-state index in [2.05, 4.69) is 218 Å². The number of nitriles is 1. The maximum atomic E-state index is 12.5. The van der Waals surface area contributed by atoms with E-state index >= 15 is 0 Å². The molecule has 15 aromatic rings. The molecule has 0 amide bonds. The van der Waals surface area contributed by atoms with Crippen molar-refractivity contribution in [3.05, 3.63) is 223 Å². The third-order valence-electron chi connectivity index (χ3n) is 14.4. The van der Waals surface area contributed by atoms with E-state index in [-0.39, 0.29) is 0 Å². The Hall–Kier alpha value is -9.40. The fourth-order valence-electron chi connectivity index (χ4n) is 11.7. The minimum atomic E-state index is 0.373. The van der Waals surface area contributed by atoms with Crippen LogP contribution < -0.4 is 0 Å². The molecule has 5 heterocycles. The zero-order chi connectivity index (χ0) is 45.5. The van der Waals surface area contributed by atoms with Crippen LogP contribution in [0.2, 0.25) is 0 Å². The number of para-hydroxylation sites is 7. The Bertz CT molecular complexity index is 4660. The zero-order valence-electron chi connectivity index (χ0n) is 36.7. The highest BCUT2D eigenvalue weighted by Crippen LogP contribution is 2.53. The molecule has 6 nitrogen and oxygen atoms in total. The van der Waals surface area contributed by atoms with E-state index in [1.165, 1.54) is 10.1 Å². The molecule has 0 bridgehead atoms. The largest absolute Gasteiger partial charge is 0.318 e. The van der Waals surface area contributed by atoms with Gasteiger partial charge in [-0.2, -0.15) is 5.26 Å². The molecule has 0 N–H and O–H groups in total. The fraction of sp³-hybridized carbons (Fsp3) is 0. The van der Waals surface area contributed by atoms with Crippen molar-refractivity contribution >= 4 is 124 Å². The number of fused-ring (bicyclic) bond motifs is 16. The lowest BCUT2D eigenvalue weighted by molar-refractivity contribution is 1.03. The van der Waals surface area contributed by atoms with Crippen molar-refractivity contribution in [3.63, 3.8) is 0 Å². The van der Waals surface area contributed by atoms with Gasteiger partial charge in [0.15, 0.2) is 0 Å². The van der Waals surface area contributed by atoms with Crippen LogP contribution in [0.15, 0.2) is 206 Å². The smallest absolute Gasteiger partial charge is 0.237 e. The summed E-state index contributed by atoms with van der Waals surface area (Å²) in [6.07, 6.45) is 0. The molecule has 0 aliphatic rings. The lowest BCUT2D eigenvalue weighted by Gasteiger charge is -2.27. The average Bonchev–Trinajstić information content (AvgIpc) is 4.21. The molecule has 0 atom stereocenters. The first-order chi connectivity index (χ1) is 34.2. The number of benzene rings is 10. The second kappa shape index (κ2) is 14.1. The Morgan fingerprint density at radius 2 is 0.696 bits per heavy atom. The average molecular weight is 895 g/mol. The molecule has 5 aromatic heterocycles. The second-order valence-electron chi connectivity index (χ2n) is 17.7. The molecular weight excluding hydrogens is 861 g/mol. The lowest BCUT2D eigenvalue weighted by atomic mass is 10.0. The molecule has 0 spiro atoms. The molecule has 10 aromatic carbocycles. The van der Waals surface area contributed by atoms with E-state index < -0.39 is 0 Å². The monoisotopic (exact) mass is 894 g/mol. The number of aromatic nitrogens is 4. The van der Waals surface area contributed by atoms with Crippen LogP contribution in [0, 0.1) is 17.9 Å². The van der Waals surface area contributed by atoms with E-state index in [4.69, 9.17) is 4.85 Å². The van der Waals surface area contributed by atoms with Crippen LogP contribution in [-0.2, 0) is 0 Å². The van der Waals surface area contributed by atoms with Crippen molar-refractivity contribution in [1.29, 1.82) is 5.26 Å². The van der Waals surface area contributed by atoms with Gasteiger partial charge in [-0.05, 0) is 48.5 Å². The quantitative estimate of drug-likeness (QED) is 0.162. The highest BCUT2D eigenvalue weighted by atomic mass is 32.1. The van der Waals surface area contributed by atoms with Crippen LogP contribution in [0.5, 0.6) is 0 Å². The molecule has 15 rings (SSSR count). The Labute approximate surface area is 398 Å². The predicted octanol–water partition coefficient (Wildman–Crippen LogP) is 16.9. The van der Waals surface area contributed by atoms with Crippen LogP contribution in [0.4, 0.5) is 5.69 Å². The van der Waals surface area contributed by atoms with Crippen LogP contribution in [0.3, 0.4) is 0 Å². The molecule has 0 saturated heterocycles. The molecule has 7 heteroatoms. The SMILES string of the molecule is [C-]#[N+]c1c(-n2c3ccccc3c3ccccc32)c(C#N)c(-n2c3ccccc3c3ccc4c5ccccc5sc4c32)c(-n2c3ccccc3c3ccccc32)c1-n1c2ccccc2c2ccccc21. The summed E-state index contributed by atoms with van der Waals surface area (Å²) in [5, 5.41) is 23.4. The second-order valence-corrected chi connectivity index (χ2v) is 18.8. The Morgan fingerprint density at radius 1 is 0.348 bits per heavy atom. The topological polar surface area (TPSA) is 47.9 Å². The molecule has 69 heavy (non-hydrogen) atoms. The maximum Gasteiger partial charge on any atom is 0.237 e. The normalized spacial score (nSPS) is 12.0. The van der Waals surface area contributed by atoms with Gasteiger partial charge in [0.25, 0.3) is 0 Å². The summed E-state index contributed by atoms with van der Waals surface area (Å²) in [7, 11) is 0. The number of rotatable bonds is 4. The van der Waals surface area contributed by atoms with Crippen molar-refractivity contribution in [3.8, 4) is 28.8 Å². The van der Waals surface area contributed by atoms with Gasteiger partial charge in [0.2, 0.25) is 5.69 Å². The highest BCUT2D eigenvalue weighted by Gasteiger charge is 2.35. The molecule has 0 aliphatic carbocycles. The van der Waals surface area contributed by atoms with E-state index in [0.29, 0.717) is 28.3 Å². The van der Waals surface area contributed by atoms with Crippen LogP contribution in [0.1, 0.15) is 5.56 Å². The zero-order valence-corrected chi connectivity index (χ0v) is 37.5. The van der Waals surface area contributed by atoms with Crippen molar-refractivity contribution in [2.24, 2.45) is 0 Å². The summed E-state index contributed by atoms with van der Waals surface area (Å²) < 4.78 is 11.5. The van der Waals surface area contributed by atoms with Crippen molar-refractivity contribution in [2.45, 2.75) is 0 Å². The third-order valence-corrected chi connectivity index (χ3v) is 15.6. The molecule has 0 saturated carbocycles. The Kier molecular flexibility index (Phi) is 7.70. The summed E-state index contributed by atoms with van der Waals surface area (Å²) in [6, 6.07) is 75.5. The van der Waals surface area contributed by atoms with E-state index in [0.717, 1.165) is 103 Å². The van der Waals surface area contributed by atoms with Gasteiger partial charge in [0.1, 0.15) is 6.07 Å². The molecule has 0 fully saturated rings. The number of hydrogen-bond donors (Lipinski definition) is 0. The maximum absolute atomic E-state index is 12.5. The van der Waals surface area contributed by atoms with E-state index in [1.807, 2.05) is 12.1 Å². The number of nitrogens with zero attached hydrogens (tertiary/aromatic N) is 6. The Morgan fingerprint density at radius 3 is 1.13 bits per heavy atom. The summed E-state index contributed by atoms with van der Waals surface area (Å²) in [5.74, 6) is 0. The molecule has 318 valence electrons. The molecule has 0 radical (unpaired) electrons. The summed E-state index contributed by atoms with van der Waals surface area (Å²) >= 11 is 1.79. The fourth-order valence-corrected chi connectivity index (χ4v) is 13.0. The highest BCUT2D eigenvalue weighted by molar-refractivity contribution is 7.26. The van der Waals surface area contributed by atoms with Gasteiger partial charge < -0.3 is 18.3 Å². The minimum Gasteiger partial charge on any atom is -0.318 e. The standard InChI is InChI=1S/C62H34N6S/c1-64-56-57(65-48-26-10-2-18-37(48)38-19-3-11-27-49(38)65)47(36-63)58(68-54-32-16-8-24-43(54)45-34-35-46-44-25-9-17-33-55(44)69-62(46)59(45)68)61(67-52-30-14-6-22-41(52)42-23-7-15-31-53(42)67)60(56)66-50-28-12-4-20-39(50)40-21-5-13-29-51(40)66/h2-35H. The first kappa shape index (κ1) is 37.8. The van der Waals surface area contributed by atoms with Crippen LogP contribution in [-0.4, -0.2) is 18.3 Å². The Balaban J connectivity index is 1.31. The van der Waals surface area contributed by atoms with Crippen molar-refractivity contribution in [2.75, 3.05) is 0 Å². The summed E-state index contributed by atoms with van der Waals surface area (Å²) in [6.45, 7) is 9.63. The minimum absolute atomic E-state index is 0.373. The first-order valence-electron chi connectivity index (χ1n) is 23.0. The first-order valence-corrected chi connectivity index (χ1v) is 23.9. The molecule has 0 aliphatic heterocycles. The van der Waals surface area contributed by atoms with Gasteiger partial charge in [-0.3, -0.25) is 0 Å². The third kappa shape index (κ3) is 4.91. The van der Waals surface area contributed by atoms with Crippen molar-refractivity contribution in [1.82, 2.24) is 18.3 Å². The lowest BCUT2D eigenvalue weighted by Crippen LogP contribution is -2.14. The van der Waals surface area contributed by atoms with Gasteiger partial charge in [-0.1, -0.05) is 158 Å². The molecule has 0 unspecified atom stereocenters. The predicted molar refractivity (Wildman–Crippen MR) is 288 cm³/mol.